The van der Waals surface area contributed by atoms with Gasteiger partial charge in [0.05, 0.1) is 0 Å². The maximum atomic E-state index is 13.8. The van der Waals surface area contributed by atoms with Gasteiger partial charge in [-0.05, 0) is 82.0 Å². The van der Waals surface area contributed by atoms with Gasteiger partial charge in [-0.3, -0.25) is 4.90 Å². The Morgan fingerprint density at radius 3 is 1.19 bits per heavy atom. The molecule has 0 bridgehead atoms. The van der Waals surface area contributed by atoms with Gasteiger partial charge >= 0.3 is 37.3 Å². The summed E-state index contributed by atoms with van der Waals surface area (Å²) in [5.41, 5.74) is 7.08. The van der Waals surface area contributed by atoms with Crippen LogP contribution in [0, 0.1) is 37.3 Å². The van der Waals surface area contributed by atoms with E-state index >= 15 is 0 Å². The van der Waals surface area contributed by atoms with Gasteiger partial charge in [0.25, 0.3) is 0 Å². The first kappa shape index (κ1) is 50.5. The van der Waals surface area contributed by atoms with Gasteiger partial charge < -0.3 is 25.2 Å². The maximum Gasteiger partial charge on any atom is 3.00 e. The van der Waals surface area contributed by atoms with Crippen molar-refractivity contribution in [2.24, 2.45) is 0 Å². The van der Waals surface area contributed by atoms with Crippen molar-refractivity contribution in [3.05, 3.63) is 124 Å². The fraction of sp³-hybridized carbons (Fsp3) is 0.520. The SMILES string of the molecule is C1CCOC1.CN(C)CCN(Cc1cc(C(C)(C)C)cc(C(C)(C)C)c1[O-])Cc1cc(C(C)(C)C)cc(C(C)(C)C)c1[O-].[Er+3].c1ccc([N-]c2ccccc2)cc1. The van der Waals surface area contributed by atoms with Crippen molar-refractivity contribution in [1.82, 2.24) is 9.80 Å². The summed E-state index contributed by atoms with van der Waals surface area (Å²) in [5.74, 6) is 0.253. The van der Waals surface area contributed by atoms with Gasteiger partial charge in [0, 0.05) is 39.4 Å². The van der Waals surface area contributed by atoms with E-state index in [-0.39, 0.29) is 70.5 Å². The van der Waals surface area contributed by atoms with Crippen LogP contribution in [0.2, 0.25) is 0 Å². The van der Waals surface area contributed by atoms with Crippen molar-refractivity contribution in [2.45, 2.75) is 131 Å². The topological polar surface area (TPSA) is 75.9 Å². The fourth-order valence-electron chi connectivity index (χ4n) is 6.29. The molecule has 5 rings (SSSR count). The molecule has 0 atom stereocenters. The van der Waals surface area contributed by atoms with Gasteiger partial charge in [-0.25, -0.2) is 0 Å². The van der Waals surface area contributed by atoms with Crippen LogP contribution < -0.4 is 10.2 Å². The number of benzene rings is 4. The Labute approximate surface area is 377 Å². The first-order valence-corrected chi connectivity index (χ1v) is 20.4. The second kappa shape index (κ2) is 22.1. The summed E-state index contributed by atoms with van der Waals surface area (Å²) in [6, 6.07) is 28.3. The van der Waals surface area contributed by atoms with Crippen molar-refractivity contribution >= 4 is 11.4 Å². The van der Waals surface area contributed by atoms with Crippen LogP contribution in [0.25, 0.3) is 5.32 Å². The monoisotopic (exact) mass is 928 g/mol. The molecule has 1 heterocycles. The first-order valence-electron chi connectivity index (χ1n) is 20.4. The molecule has 1 radical (unpaired) electrons. The Morgan fingerprint density at radius 2 is 0.912 bits per heavy atom. The van der Waals surface area contributed by atoms with Gasteiger partial charge in [0.15, 0.2) is 0 Å². The number of nitrogens with zero attached hydrogens (tertiary/aromatic N) is 3. The molecule has 4 aromatic rings. The van der Waals surface area contributed by atoms with Crippen LogP contribution in [0.5, 0.6) is 11.5 Å². The molecule has 0 aromatic heterocycles. The number of likely N-dealkylation sites (N-methyl/N-ethyl adjacent to an activating group) is 1. The smallest absolute Gasteiger partial charge is 0.872 e. The summed E-state index contributed by atoms with van der Waals surface area (Å²) in [6.07, 6.45) is 2.56. The van der Waals surface area contributed by atoms with Crippen molar-refractivity contribution in [2.75, 3.05) is 40.4 Å². The summed E-state index contributed by atoms with van der Waals surface area (Å²) in [7, 11) is 4.12. The summed E-state index contributed by atoms with van der Waals surface area (Å²) in [4.78, 5) is 4.44. The molecular formula is C50H72ErN3O3. The van der Waals surface area contributed by atoms with E-state index in [1.165, 1.54) is 24.0 Å². The molecule has 57 heavy (non-hydrogen) atoms. The van der Waals surface area contributed by atoms with Crippen LogP contribution in [0.4, 0.5) is 11.4 Å². The molecule has 6 nitrogen and oxygen atoms in total. The molecule has 0 saturated carbocycles. The molecule has 317 valence electrons. The normalized spacial score (nSPS) is 13.3. The molecule has 7 heteroatoms. The molecule has 0 amide bonds. The number of rotatable bonds is 9. The molecule has 1 fully saturated rings. The summed E-state index contributed by atoms with van der Waals surface area (Å²) >= 11 is 0. The van der Waals surface area contributed by atoms with Crippen LogP contribution in [-0.4, -0.2) is 50.2 Å². The van der Waals surface area contributed by atoms with Gasteiger partial charge in [0.1, 0.15) is 0 Å². The van der Waals surface area contributed by atoms with E-state index in [0.717, 1.165) is 59.9 Å². The van der Waals surface area contributed by atoms with Crippen LogP contribution in [0.1, 0.15) is 129 Å². The standard InChI is InChI=1S/C34H56N2O2.C12H10N.C4H8O.Er/c1-31(2,3)25-17-23(29(37)27(19-25)33(7,8)9)21-36(16-15-35(13)14)22-24-18-26(32(4,5)6)20-28(30(24)38)34(10,11)12;1-3-7-11(8-4-1)13-12-9-5-2-6-10-12;1-2-4-5-3-1;/h17-20,37-38H,15-16,21-22H2,1-14H3;1-10H;1-4H2;/q;-1;;+3/p-2. The zero-order valence-corrected chi connectivity index (χ0v) is 39.4. The largest absolute Gasteiger partial charge is 3.00 e. The van der Waals surface area contributed by atoms with E-state index in [9.17, 15) is 10.2 Å². The van der Waals surface area contributed by atoms with E-state index in [2.05, 4.69) is 137 Å². The van der Waals surface area contributed by atoms with Crippen molar-refractivity contribution in [1.29, 1.82) is 0 Å². The number of hydrogen-bond acceptors (Lipinski definition) is 5. The molecule has 1 aliphatic heterocycles. The van der Waals surface area contributed by atoms with Gasteiger partial charge in [-0.15, -0.1) is 22.9 Å². The first-order chi connectivity index (χ1) is 26.0. The van der Waals surface area contributed by atoms with Gasteiger partial charge in [-0.1, -0.05) is 168 Å². The number of hydrogen-bond donors (Lipinski definition) is 0. The predicted molar refractivity (Wildman–Crippen MR) is 235 cm³/mol. The minimum Gasteiger partial charge on any atom is -0.872 e. The molecule has 1 aliphatic rings. The Balaban J connectivity index is 0.000000477. The Bertz CT molecular complexity index is 1650. The van der Waals surface area contributed by atoms with E-state index in [1.807, 2.05) is 60.7 Å². The average molecular weight is 930 g/mol. The van der Waals surface area contributed by atoms with Crippen molar-refractivity contribution in [3.63, 3.8) is 0 Å². The molecule has 0 unspecified atom stereocenters. The average Bonchev–Trinajstić information content (AvgIpc) is 3.69. The third-order valence-electron chi connectivity index (χ3n) is 9.93. The molecule has 0 spiro atoms. The molecule has 0 N–H and O–H groups in total. The van der Waals surface area contributed by atoms with Crippen molar-refractivity contribution < 1.29 is 52.3 Å². The third-order valence-corrected chi connectivity index (χ3v) is 9.93. The second-order valence-electron chi connectivity index (χ2n) is 19.6. The van der Waals surface area contributed by atoms with E-state index in [1.54, 1.807) is 0 Å². The molecule has 0 aliphatic carbocycles. The summed E-state index contributed by atoms with van der Waals surface area (Å²) in [5, 5.41) is 32.0. The zero-order valence-electron chi connectivity index (χ0n) is 37.6. The minimum absolute atomic E-state index is 0. The van der Waals surface area contributed by atoms with Gasteiger partial charge in [0.2, 0.25) is 0 Å². The Kier molecular flexibility index (Phi) is 19.6. The van der Waals surface area contributed by atoms with E-state index < -0.39 is 0 Å². The van der Waals surface area contributed by atoms with E-state index in [0.29, 0.717) is 13.1 Å². The summed E-state index contributed by atoms with van der Waals surface area (Å²) < 4.78 is 4.94. The Morgan fingerprint density at radius 1 is 0.544 bits per heavy atom. The van der Waals surface area contributed by atoms with Gasteiger partial charge in [-0.2, -0.15) is 0 Å². The fourth-order valence-corrected chi connectivity index (χ4v) is 6.29. The molecule has 4 aromatic carbocycles. The molecular weight excluding hydrogens is 858 g/mol. The van der Waals surface area contributed by atoms with E-state index in [4.69, 9.17) is 4.74 Å². The third kappa shape index (κ3) is 16.9. The number of ether oxygens (including phenoxy) is 1. The number of para-hydroxylation sites is 2. The zero-order chi connectivity index (χ0) is 41.9. The predicted octanol–water partition coefficient (Wildman–Crippen LogP) is 11.4. The van der Waals surface area contributed by atoms with Crippen molar-refractivity contribution in [3.8, 4) is 11.5 Å². The van der Waals surface area contributed by atoms with Crippen LogP contribution in [0.3, 0.4) is 0 Å². The maximum absolute atomic E-state index is 13.8. The summed E-state index contributed by atoms with van der Waals surface area (Å²) in [6.45, 7) is 30.5. The minimum atomic E-state index is -0.244. The quantitative estimate of drug-likeness (QED) is 0.167. The van der Waals surface area contributed by atoms with Crippen LogP contribution in [-0.2, 0) is 39.5 Å². The second-order valence-corrected chi connectivity index (χ2v) is 19.6. The Hall–Kier alpha value is -2.59. The molecule has 1 saturated heterocycles. The van der Waals surface area contributed by atoms with Crippen LogP contribution in [0.15, 0.2) is 84.9 Å². The van der Waals surface area contributed by atoms with Crippen LogP contribution >= 0.6 is 0 Å².